The van der Waals surface area contributed by atoms with Gasteiger partial charge in [-0.25, -0.2) is 0 Å². The van der Waals surface area contributed by atoms with Crippen molar-refractivity contribution in [3.8, 4) is 0 Å². The fourth-order valence-electron chi connectivity index (χ4n) is 1.63. The van der Waals surface area contributed by atoms with E-state index in [4.69, 9.17) is 0 Å². The number of aryl methyl sites for hydroxylation is 2. The van der Waals surface area contributed by atoms with E-state index in [0.29, 0.717) is 5.92 Å². The van der Waals surface area contributed by atoms with Gasteiger partial charge in [0.1, 0.15) is 0 Å². The minimum atomic E-state index is 0.694. The molecule has 0 atom stereocenters. The van der Waals surface area contributed by atoms with E-state index in [1.54, 1.807) is 11.8 Å². The Morgan fingerprint density at radius 3 is 2.67 bits per heavy atom. The lowest BCUT2D eigenvalue weighted by Crippen LogP contribution is -2.19. The summed E-state index contributed by atoms with van der Waals surface area (Å²) in [5.41, 5.74) is 2.48. The second-order valence-electron chi connectivity index (χ2n) is 4.22. The van der Waals surface area contributed by atoms with Crippen LogP contribution in [0.15, 0.2) is 5.03 Å². The van der Waals surface area contributed by atoms with E-state index in [1.165, 1.54) is 10.6 Å². The molecular formula is C11H21N3S. The van der Waals surface area contributed by atoms with E-state index < -0.39 is 0 Å². The Labute approximate surface area is 96.6 Å². The SMILES string of the molecule is CSc1c(CNCC(C)C)c(C)nn1C. The Balaban J connectivity index is 2.67. The third-order valence-electron chi connectivity index (χ3n) is 2.34. The first-order chi connectivity index (χ1) is 7.06. The highest BCUT2D eigenvalue weighted by atomic mass is 32.2. The van der Waals surface area contributed by atoms with Gasteiger partial charge in [-0.2, -0.15) is 5.10 Å². The molecule has 0 fully saturated rings. The van der Waals surface area contributed by atoms with E-state index in [9.17, 15) is 0 Å². The Bertz CT molecular complexity index is 318. The molecule has 0 unspecified atom stereocenters. The summed E-state index contributed by atoms with van der Waals surface area (Å²) >= 11 is 1.76. The maximum absolute atomic E-state index is 4.44. The first kappa shape index (κ1) is 12.6. The van der Waals surface area contributed by atoms with Crippen LogP contribution in [0.5, 0.6) is 0 Å². The minimum Gasteiger partial charge on any atom is -0.312 e. The summed E-state index contributed by atoms with van der Waals surface area (Å²) < 4.78 is 1.96. The van der Waals surface area contributed by atoms with Gasteiger partial charge >= 0.3 is 0 Å². The summed E-state index contributed by atoms with van der Waals surface area (Å²) in [7, 11) is 2.00. The van der Waals surface area contributed by atoms with Crippen molar-refractivity contribution in [1.82, 2.24) is 15.1 Å². The molecule has 0 aromatic carbocycles. The van der Waals surface area contributed by atoms with Crippen LogP contribution in [-0.4, -0.2) is 22.6 Å². The van der Waals surface area contributed by atoms with E-state index in [0.717, 1.165) is 18.8 Å². The zero-order valence-electron chi connectivity index (χ0n) is 10.3. The quantitative estimate of drug-likeness (QED) is 0.782. The fraction of sp³-hybridized carbons (Fsp3) is 0.727. The molecular weight excluding hydrogens is 206 g/mol. The van der Waals surface area contributed by atoms with Crippen LogP contribution in [0.25, 0.3) is 0 Å². The van der Waals surface area contributed by atoms with Crippen LogP contribution >= 0.6 is 11.8 Å². The third kappa shape index (κ3) is 3.24. The number of aromatic nitrogens is 2. The van der Waals surface area contributed by atoms with Crippen LogP contribution in [0.4, 0.5) is 0 Å². The molecule has 0 saturated carbocycles. The van der Waals surface area contributed by atoms with Crippen LogP contribution in [-0.2, 0) is 13.6 Å². The molecule has 1 aromatic rings. The lowest BCUT2D eigenvalue weighted by molar-refractivity contribution is 0.548. The Hall–Kier alpha value is -0.480. The molecule has 1 heterocycles. The summed E-state index contributed by atoms with van der Waals surface area (Å²) in [5, 5.41) is 9.17. The second-order valence-corrected chi connectivity index (χ2v) is 5.02. The van der Waals surface area contributed by atoms with Gasteiger partial charge < -0.3 is 5.32 Å². The summed E-state index contributed by atoms with van der Waals surface area (Å²) in [6, 6.07) is 0. The lowest BCUT2D eigenvalue weighted by atomic mass is 10.2. The highest BCUT2D eigenvalue weighted by Gasteiger charge is 2.11. The zero-order valence-corrected chi connectivity index (χ0v) is 11.1. The highest BCUT2D eigenvalue weighted by molar-refractivity contribution is 7.98. The smallest absolute Gasteiger partial charge is 0.0981 e. The summed E-state index contributed by atoms with van der Waals surface area (Å²) in [5.74, 6) is 0.694. The molecule has 1 rings (SSSR count). The standard InChI is InChI=1S/C11H21N3S/c1-8(2)6-12-7-10-9(3)13-14(4)11(10)15-5/h8,12H,6-7H2,1-5H3. The number of hydrogen-bond acceptors (Lipinski definition) is 3. The normalized spacial score (nSPS) is 11.3. The molecule has 4 heteroatoms. The molecule has 0 amide bonds. The molecule has 0 aliphatic carbocycles. The van der Waals surface area contributed by atoms with Gasteiger partial charge in [-0.1, -0.05) is 13.8 Å². The molecule has 0 aliphatic heterocycles. The van der Waals surface area contributed by atoms with Crippen molar-refractivity contribution in [2.24, 2.45) is 13.0 Å². The van der Waals surface area contributed by atoms with Crippen LogP contribution in [0.1, 0.15) is 25.1 Å². The van der Waals surface area contributed by atoms with Crippen molar-refractivity contribution >= 4 is 11.8 Å². The molecule has 1 N–H and O–H groups in total. The van der Waals surface area contributed by atoms with Gasteiger partial charge in [-0.05, 0) is 25.6 Å². The maximum atomic E-state index is 4.44. The Morgan fingerprint density at radius 2 is 2.13 bits per heavy atom. The topological polar surface area (TPSA) is 29.9 Å². The van der Waals surface area contributed by atoms with Gasteiger partial charge in [0.2, 0.25) is 0 Å². The van der Waals surface area contributed by atoms with Crippen LogP contribution < -0.4 is 5.32 Å². The highest BCUT2D eigenvalue weighted by Crippen LogP contribution is 2.22. The largest absolute Gasteiger partial charge is 0.312 e. The van der Waals surface area contributed by atoms with Crippen molar-refractivity contribution in [2.45, 2.75) is 32.3 Å². The maximum Gasteiger partial charge on any atom is 0.0981 e. The lowest BCUT2D eigenvalue weighted by Gasteiger charge is -2.08. The van der Waals surface area contributed by atoms with Gasteiger partial charge in [0.05, 0.1) is 10.7 Å². The molecule has 0 radical (unpaired) electrons. The average Bonchev–Trinajstić information content (AvgIpc) is 2.41. The van der Waals surface area contributed by atoms with Crippen molar-refractivity contribution < 1.29 is 0 Å². The molecule has 86 valence electrons. The van der Waals surface area contributed by atoms with Gasteiger partial charge in [0.25, 0.3) is 0 Å². The first-order valence-electron chi connectivity index (χ1n) is 5.33. The third-order valence-corrected chi connectivity index (χ3v) is 3.23. The van der Waals surface area contributed by atoms with Crippen LogP contribution in [0.3, 0.4) is 0 Å². The van der Waals surface area contributed by atoms with E-state index in [1.807, 2.05) is 11.7 Å². The molecule has 0 aliphatic rings. The Kier molecular flexibility index (Phi) is 4.67. The molecule has 3 nitrogen and oxygen atoms in total. The molecule has 0 bridgehead atoms. The van der Waals surface area contributed by atoms with E-state index in [2.05, 4.69) is 37.4 Å². The predicted octanol–water partition coefficient (Wildman–Crippen LogP) is 2.20. The molecule has 0 saturated heterocycles. The fourth-order valence-corrected chi connectivity index (χ4v) is 2.40. The van der Waals surface area contributed by atoms with Crippen molar-refractivity contribution in [3.05, 3.63) is 11.3 Å². The molecule has 0 spiro atoms. The average molecular weight is 227 g/mol. The monoisotopic (exact) mass is 227 g/mol. The van der Waals surface area contributed by atoms with E-state index in [-0.39, 0.29) is 0 Å². The first-order valence-corrected chi connectivity index (χ1v) is 6.56. The minimum absolute atomic E-state index is 0.694. The number of nitrogens with zero attached hydrogens (tertiary/aromatic N) is 2. The van der Waals surface area contributed by atoms with Crippen molar-refractivity contribution in [2.75, 3.05) is 12.8 Å². The predicted molar refractivity (Wildman–Crippen MR) is 66.3 cm³/mol. The second kappa shape index (κ2) is 5.56. The van der Waals surface area contributed by atoms with Gasteiger partial charge in [0.15, 0.2) is 0 Å². The van der Waals surface area contributed by atoms with Gasteiger partial charge in [-0.15, -0.1) is 11.8 Å². The Morgan fingerprint density at radius 1 is 1.47 bits per heavy atom. The van der Waals surface area contributed by atoms with Crippen LogP contribution in [0.2, 0.25) is 0 Å². The molecule has 15 heavy (non-hydrogen) atoms. The van der Waals surface area contributed by atoms with Gasteiger partial charge in [0, 0.05) is 19.2 Å². The summed E-state index contributed by atoms with van der Waals surface area (Å²) in [6.45, 7) is 8.50. The number of hydrogen-bond donors (Lipinski definition) is 1. The van der Waals surface area contributed by atoms with Crippen LogP contribution in [0, 0.1) is 12.8 Å². The molecule has 1 aromatic heterocycles. The number of nitrogens with one attached hydrogen (secondary N) is 1. The van der Waals surface area contributed by atoms with E-state index >= 15 is 0 Å². The summed E-state index contributed by atoms with van der Waals surface area (Å²) in [6.07, 6.45) is 2.10. The summed E-state index contributed by atoms with van der Waals surface area (Å²) in [4.78, 5) is 0. The van der Waals surface area contributed by atoms with Crippen molar-refractivity contribution in [1.29, 1.82) is 0 Å². The number of rotatable bonds is 5. The van der Waals surface area contributed by atoms with Gasteiger partial charge in [-0.3, -0.25) is 4.68 Å². The zero-order chi connectivity index (χ0) is 11.4. The van der Waals surface area contributed by atoms with Crippen molar-refractivity contribution in [3.63, 3.8) is 0 Å². The number of thioether (sulfide) groups is 1.